The Labute approximate surface area is 150 Å². The molecule has 0 radical (unpaired) electrons. The van der Waals surface area contributed by atoms with Gasteiger partial charge >= 0.3 is 0 Å². The topological polar surface area (TPSA) is 58.4 Å². The zero-order valence-corrected chi connectivity index (χ0v) is 14.7. The number of hydrogen-bond acceptors (Lipinski definition) is 3. The van der Waals surface area contributed by atoms with Crippen molar-refractivity contribution < 1.29 is 4.79 Å². The molecule has 1 aromatic rings. The van der Waals surface area contributed by atoms with Crippen molar-refractivity contribution in [3.8, 4) is 0 Å². The molecule has 0 unspecified atom stereocenters. The molecular formula is C21H27N3O. The molecule has 0 fully saturated rings. The molecule has 0 atom stereocenters. The average Bonchev–Trinajstić information content (AvgIpc) is 2.79. The monoisotopic (exact) mass is 337 g/mol. The number of nitrogens with two attached hydrogens (primary N) is 1. The van der Waals surface area contributed by atoms with Crippen molar-refractivity contribution >= 4 is 11.6 Å². The van der Waals surface area contributed by atoms with Gasteiger partial charge in [-0.1, -0.05) is 42.0 Å². The van der Waals surface area contributed by atoms with Crippen molar-refractivity contribution in [2.75, 3.05) is 18.0 Å². The standard InChI is InChI=1S/C21H27N3O/c22-15-18-8-10-19-7-5-13-24(20(19)14-18)21(25)11-9-17-6-3-1-2-4-12-23-16-17/h1-4,8,10,14,16,23H,5-7,9,11-13,15,22H2/b3-1-,4-2-,17-16+. The Hall–Kier alpha value is -2.33. The summed E-state index contributed by atoms with van der Waals surface area (Å²) in [4.78, 5) is 14.8. The van der Waals surface area contributed by atoms with E-state index in [0.717, 1.165) is 50.0 Å². The maximum atomic E-state index is 12.8. The molecule has 0 saturated carbocycles. The van der Waals surface area contributed by atoms with E-state index in [1.54, 1.807) is 0 Å². The predicted molar refractivity (Wildman–Crippen MR) is 103 cm³/mol. The summed E-state index contributed by atoms with van der Waals surface area (Å²) in [6.45, 7) is 2.14. The van der Waals surface area contributed by atoms with Gasteiger partial charge in [-0.25, -0.2) is 0 Å². The first kappa shape index (κ1) is 17.5. The Bertz CT molecular complexity index is 703. The van der Waals surface area contributed by atoms with E-state index in [-0.39, 0.29) is 5.91 Å². The Morgan fingerprint density at radius 2 is 2.12 bits per heavy atom. The zero-order valence-electron chi connectivity index (χ0n) is 14.7. The van der Waals surface area contributed by atoms with Crippen LogP contribution < -0.4 is 16.0 Å². The molecule has 3 rings (SSSR count). The van der Waals surface area contributed by atoms with Crippen molar-refractivity contribution in [3.05, 3.63) is 65.4 Å². The van der Waals surface area contributed by atoms with E-state index in [0.29, 0.717) is 13.0 Å². The summed E-state index contributed by atoms with van der Waals surface area (Å²) in [5.74, 6) is 0.206. The number of hydrogen-bond donors (Lipinski definition) is 2. The second-order valence-corrected chi connectivity index (χ2v) is 6.59. The summed E-state index contributed by atoms with van der Waals surface area (Å²) < 4.78 is 0. The molecular weight excluding hydrogens is 310 g/mol. The van der Waals surface area contributed by atoms with Crippen molar-refractivity contribution in [2.24, 2.45) is 5.73 Å². The maximum absolute atomic E-state index is 12.8. The number of carbonyl (C=O) groups is 1. The lowest BCUT2D eigenvalue weighted by Crippen LogP contribution is -2.35. The fourth-order valence-corrected chi connectivity index (χ4v) is 3.36. The van der Waals surface area contributed by atoms with Gasteiger partial charge in [0.25, 0.3) is 0 Å². The second kappa shape index (κ2) is 8.67. The molecule has 2 aliphatic heterocycles. The number of aryl methyl sites for hydroxylation is 1. The number of rotatable bonds is 4. The molecule has 0 aliphatic carbocycles. The van der Waals surface area contributed by atoms with Gasteiger partial charge in [-0.3, -0.25) is 4.79 Å². The molecule has 132 valence electrons. The number of nitrogens with zero attached hydrogens (tertiary/aromatic N) is 1. The number of fused-ring (bicyclic) bond motifs is 1. The van der Waals surface area contributed by atoms with E-state index in [9.17, 15) is 4.79 Å². The van der Waals surface area contributed by atoms with Gasteiger partial charge in [0.2, 0.25) is 5.91 Å². The van der Waals surface area contributed by atoms with Crippen molar-refractivity contribution in [1.29, 1.82) is 0 Å². The van der Waals surface area contributed by atoms with E-state index in [4.69, 9.17) is 5.73 Å². The van der Waals surface area contributed by atoms with Crippen LogP contribution in [-0.2, 0) is 17.8 Å². The van der Waals surface area contributed by atoms with E-state index in [1.807, 2.05) is 4.90 Å². The minimum Gasteiger partial charge on any atom is -0.387 e. The van der Waals surface area contributed by atoms with E-state index >= 15 is 0 Å². The Balaban J connectivity index is 1.66. The minimum atomic E-state index is 0.206. The zero-order chi connectivity index (χ0) is 17.5. The first-order valence-electron chi connectivity index (χ1n) is 9.13. The van der Waals surface area contributed by atoms with Crippen LogP contribution in [0.3, 0.4) is 0 Å². The van der Waals surface area contributed by atoms with Gasteiger partial charge in [-0.2, -0.15) is 0 Å². The van der Waals surface area contributed by atoms with E-state index < -0.39 is 0 Å². The maximum Gasteiger partial charge on any atom is 0.227 e. The summed E-state index contributed by atoms with van der Waals surface area (Å²) in [6, 6.07) is 6.28. The van der Waals surface area contributed by atoms with Gasteiger partial charge in [-0.05, 0) is 49.1 Å². The fraction of sp³-hybridized carbons (Fsp3) is 0.381. The predicted octanol–water partition coefficient (Wildman–Crippen LogP) is 3.19. The van der Waals surface area contributed by atoms with Crippen molar-refractivity contribution in [3.63, 3.8) is 0 Å². The van der Waals surface area contributed by atoms with Crippen molar-refractivity contribution in [2.45, 2.75) is 38.6 Å². The second-order valence-electron chi connectivity index (χ2n) is 6.59. The SMILES string of the molecule is NCc1ccc2c(c1)N(C(=O)CC/C1=C/NC/C=C\C=C/C1)CCC2. The van der Waals surface area contributed by atoms with Crippen LogP contribution in [0.4, 0.5) is 5.69 Å². The van der Waals surface area contributed by atoms with Gasteiger partial charge in [0, 0.05) is 31.7 Å². The fourth-order valence-electron chi connectivity index (χ4n) is 3.36. The molecule has 0 spiro atoms. The van der Waals surface area contributed by atoms with Crippen LogP contribution in [0, 0.1) is 0 Å². The molecule has 2 heterocycles. The lowest BCUT2D eigenvalue weighted by Gasteiger charge is -2.30. The molecule has 1 amide bonds. The van der Waals surface area contributed by atoms with Gasteiger partial charge < -0.3 is 16.0 Å². The Kier molecular flexibility index (Phi) is 6.07. The quantitative estimate of drug-likeness (QED) is 0.887. The molecule has 2 aliphatic rings. The first-order valence-corrected chi connectivity index (χ1v) is 9.13. The minimum absolute atomic E-state index is 0.206. The normalized spacial score (nSPS) is 21.6. The lowest BCUT2D eigenvalue weighted by molar-refractivity contribution is -0.118. The first-order chi connectivity index (χ1) is 12.3. The van der Waals surface area contributed by atoms with E-state index in [2.05, 4.69) is 54.0 Å². The highest BCUT2D eigenvalue weighted by molar-refractivity contribution is 5.94. The van der Waals surface area contributed by atoms with Gasteiger partial charge in [0.15, 0.2) is 0 Å². The molecule has 0 saturated heterocycles. The smallest absolute Gasteiger partial charge is 0.227 e. The van der Waals surface area contributed by atoms with E-state index in [1.165, 1.54) is 11.1 Å². The van der Waals surface area contributed by atoms with Gasteiger partial charge in [-0.15, -0.1) is 0 Å². The third-order valence-electron chi connectivity index (χ3n) is 4.77. The number of anilines is 1. The summed E-state index contributed by atoms with van der Waals surface area (Å²) >= 11 is 0. The van der Waals surface area contributed by atoms with Crippen LogP contribution in [0.5, 0.6) is 0 Å². The number of benzene rings is 1. The molecule has 4 nitrogen and oxygen atoms in total. The molecule has 1 aromatic carbocycles. The summed E-state index contributed by atoms with van der Waals surface area (Å²) in [5, 5.41) is 3.28. The van der Waals surface area contributed by atoms with Crippen LogP contribution in [0.1, 0.15) is 36.8 Å². The summed E-state index contributed by atoms with van der Waals surface area (Å²) in [6.07, 6.45) is 14.7. The highest BCUT2D eigenvalue weighted by Crippen LogP contribution is 2.29. The van der Waals surface area contributed by atoms with Crippen LogP contribution in [0.15, 0.2) is 54.3 Å². The summed E-state index contributed by atoms with van der Waals surface area (Å²) in [7, 11) is 0. The average molecular weight is 337 g/mol. The number of nitrogens with one attached hydrogen (secondary N) is 1. The highest BCUT2D eigenvalue weighted by Gasteiger charge is 2.22. The number of carbonyl (C=O) groups excluding carboxylic acids is 1. The number of amides is 1. The Morgan fingerprint density at radius 3 is 3.00 bits per heavy atom. The third-order valence-corrected chi connectivity index (χ3v) is 4.77. The summed E-state index contributed by atoms with van der Waals surface area (Å²) in [5.41, 5.74) is 10.4. The molecule has 0 aromatic heterocycles. The Morgan fingerprint density at radius 1 is 1.24 bits per heavy atom. The number of allylic oxidation sites excluding steroid dienone is 4. The van der Waals surface area contributed by atoms with Crippen LogP contribution in [-0.4, -0.2) is 19.0 Å². The lowest BCUT2D eigenvalue weighted by atomic mass is 9.98. The van der Waals surface area contributed by atoms with Crippen LogP contribution >= 0.6 is 0 Å². The molecule has 0 bridgehead atoms. The largest absolute Gasteiger partial charge is 0.387 e. The van der Waals surface area contributed by atoms with Crippen LogP contribution in [0.25, 0.3) is 0 Å². The molecule has 25 heavy (non-hydrogen) atoms. The van der Waals surface area contributed by atoms with Crippen molar-refractivity contribution in [1.82, 2.24) is 5.32 Å². The van der Waals surface area contributed by atoms with Gasteiger partial charge in [0.05, 0.1) is 0 Å². The van der Waals surface area contributed by atoms with Gasteiger partial charge in [0.1, 0.15) is 0 Å². The third kappa shape index (κ3) is 4.60. The highest BCUT2D eigenvalue weighted by atomic mass is 16.2. The molecule has 3 N–H and O–H groups in total. The molecule has 4 heteroatoms. The van der Waals surface area contributed by atoms with Crippen LogP contribution in [0.2, 0.25) is 0 Å².